The fourth-order valence-electron chi connectivity index (χ4n) is 2.25. The Labute approximate surface area is 115 Å². The van der Waals surface area contributed by atoms with Crippen molar-refractivity contribution >= 4 is 11.4 Å². The Morgan fingerprint density at radius 2 is 1.68 bits per heavy atom. The van der Waals surface area contributed by atoms with Gasteiger partial charge in [-0.15, -0.1) is 0 Å². The van der Waals surface area contributed by atoms with Crippen molar-refractivity contribution in [3.63, 3.8) is 0 Å². The molecule has 100 valence electrons. The standard InChI is InChI=1S/C17H22N2/c1-4-19(17-9-7-16(18)8-10-17)12-15-11-13(2)5-6-14(15)3/h5-11H,4,12,18H2,1-3H3. The number of nitrogens with zero attached hydrogens (tertiary/aromatic N) is 1. The van der Waals surface area contributed by atoms with Gasteiger partial charge in [0.2, 0.25) is 0 Å². The van der Waals surface area contributed by atoms with Crippen LogP contribution in [0.15, 0.2) is 42.5 Å². The van der Waals surface area contributed by atoms with Crippen LogP contribution >= 0.6 is 0 Å². The smallest absolute Gasteiger partial charge is 0.0432 e. The van der Waals surface area contributed by atoms with Crippen LogP contribution in [0.25, 0.3) is 0 Å². The minimum absolute atomic E-state index is 0.812. The van der Waals surface area contributed by atoms with Gasteiger partial charge in [-0.1, -0.05) is 23.8 Å². The SMILES string of the molecule is CCN(Cc1cc(C)ccc1C)c1ccc(N)cc1. The first-order valence-electron chi connectivity index (χ1n) is 6.76. The average Bonchev–Trinajstić information content (AvgIpc) is 2.41. The Balaban J connectivity index is 2.23. The first-order valence-corrected chi connectivity index (χ1v) is 6.76. The molecule has 2 rings (SSSR count). The average molecular weight is 254 g/mol. The molecule has 19 heavy (non-hydrogen) atoms. The van der Waals surface area contributed by atoms with Gasteiger partial charge in [0.05, 0.1) is 0 Å². The van der Waals surface area contributed by atoms with Crippen molar-refractivity contribution in [2.24, 2.45) is 0 Å². The predicted octanol–water partition coefficient (Wildman–Crippen LogP) is 3.91. The molecule has 0 fully saturated rings. The molecule has 0 unspecified atom stereocenters. The molecule has 2 nitrogen and oxygen atoms in total. The van der Waals surface area contributed by atoms with Crippen molar-refractivity contribution in [2.45, 2.75) is 27.3 Å². The van der Waals surface area contributed by atoms with E-state index in [4.69, 9.17) is 5.73 Å². The third-order valence-corrected chi connectivity index (χ3v) is 3.51. The molecule has 0 saturated carbocycles. The Morgan fingerprint density at radius 3 is 2.32 bits per heavy atom. The summed E-state index contributed by atoms with van der Waals surface area (Å²) in [5, 5.41) is 0. The van der Waals surface area contributed by atoms with E-state index in [1.165, 1.54) is 22.4 Å². The van der Waals surface area contributed by atoms with E-state index in [9.17, 15) is 0 Å². The van der Waals surface area contributed by atoms with Crippen LogP contribution < -0.4 is 10.6 Å². The van der Waals surface area contributed by atoms with Crippen LogP contribution in [-0.4, -0.2) is 6.54 Å². The van der Waals surface area contributed by atoms with E-state index in [2.05, 4.69) is 56.0 Å². The molecule has 0 heterocycles. The van der Waals surface area contributed by atoms with E-state index >= 15 is 0 Å². The quantitative estimate of drug-likeness (QED) is 0.838. The molecule has 0 radical (unpaired) electrons. The maximum atomic E-state index is 5.75. The molecular formula is C17H22N2. The number of rotatable bonds is 4. The lowest BCUT2D eigenvalue weighted by atomic mass is 10.0. The third-order valence-electron chi connectivity index (χ3n) is 3.51. The summed E-state index contributed by atoms with van der Waals surface area (Å²) in [5.74, 6) is 0. The van der Waals surface area contributed by atoms with Crippen molar-refractivity contribution in [2.75, 3.05) is 17.2 Å². The molecule has 0 aromatic heterocycles. The monoisotopic (exact) mass is 254 g/mol. The van der Waals surface area contributed by atoms with Gasteiger partial charge in [-0.3, -0.25) is 0 Å². The van der Waals surface area contributed by atoms with Crippen molar-refractivity contribution in [3.8, 4) is 0 Å². The zero-order chi connectivity index (χ0) is 13.8. The highest BCUT2D eigenvalue weighted by Gasteiger charge is 2.07. The molecule has 0 amide bonds. The van der Waals surface area contributed by atoms with Gasteiger partial charge < -0.3 is 10.6 Å². The van der Waals surface area contributed by atoms with Gasteiger partial charge >= 0.3 is 0 Å². The lowest BCUT2D eigenvalue weighted by Gasteiger charge is -2.24. The fourth-order valence-corrected chi connectivity index (χ4v) is 2.25. The number of benzene rings is 2. The van der Waals surface area contributed by atoms with E-state index < -0.39 is 0 Å². The second kappa shape index (κ2) is 5.79. The van der Waals surface area contributed by atoms with Gasteiger partial charge in [0.15, 0.2) is 0 Å². The van der Waals surface area contributed by atoms with E-state index in [1.807, 2.05) is 12.1 Å². The highest BCUT2D eigenvalue weighted by Crippen LogP contribution is 2.20. The van der Waals surface area contributed by atoms with Crippen LogP contribution in [0.4, 0.5) is 11.4 Å². The number of nitrogens with two attached hydrogens (primary N) is 1. The van der Waals surface area contributed by atoms with Gasteiger partial charge in [-0.05, 0) is 56.2 Å². The first-order chi connectivity index (χ1) is 9.10. The molecule has 2 N–H and O–H groups in total. The maximum Gasteiger partial charge on any atom is 0.0432 e. The molecule has 0 atom stereocenters. The van der Waals surface area contributed by atoms with E-state index in [1.54, 1.807) is 0 Å². The molecule has 2 heteroatoms. The molecule has 2 aromatic carbocycles. The summed E-state index contributed by atoms with van der Waals surface area (Å²) in [4.78, 5) is 2.36. The van der Waals surface area contributed by atoms with Crippen LogP contribution in [0.3, 0.4) is 0 Å². The van der Waals surface area contributed by atoms with E-state index in [0.29, 0.717) is 0 Å². The fraction of sp³-hybridized carbons (Fsp3) is 0.294. The minimum Gasteiger partial charge on any atom is -0.399 e. The van der Waals surface area contributed by atoms with Crippen molar-refractivity contribution in [1.82, 2.24) is 0 Å². The number of anilines is 2. The van der Waals surface area contributed by atoms with E-state index in [-0.39, 0.29) is 0 Å². The van der Waals surface area contributed by atoms with Gasteiger partial charge in [-0.2, -0.15) is 0 Å². The number of hydrogen-bond acceptors (Lipinski definition) is 2. The van der Waals surface area contributed by atoms with Crippen LogP contribution in [0.5, 0.6) is 0 Å². The summed E-state index contributed by atoms with van der Waals surface area (Å²) in [6, 6.07) is 14.7. The molecule has 2 aromatic rings. The maximum absolute atomic E-state index is 5.75. The van der Waals surface area contributed by atoms with E-state index in [0.717, 1.165) is 18.8 Å². The summed E-state index contributed by atoms with van der Waals surface area (Å²) < 4.78 is 0. The summed E-state index contributed by atoms with van der Waals surface area (Å²) >= 11 is 0. The van der Waals surface area contributed by atoms with Crippen molar-refractivity contribution < 1.29 is 0 Å². The predicted molar refractivity (Wildman–Crippen MR) is 83.5 cm³/mol. The molecule has 0 saturated heterocycles. The van der Waals surface area contributed by atoms with Gasteiger partial charge in [0, 0.05) is 24.5 Å². The zero-order valence-corrected chi connectivity index (χ0v) is 12.0. The summed E-state index contributed by atoms with van der Waals surface area (Å²) in [7, 11) is 0. The van der Waals surface area contributed by atoms with Gasteiger partial charge in [0.1, 0.15) is 0 Å². The number of nitrogen functional groups attached to an aromatic ring is 1. The summed E-state index contributed by atoms with van der Waals surface area (Å²) in [6.45, 7) is 8.42. The van der Waals surface area contributed by atoms with Gasteiger partial charge in [0.25, 0.3) is 0 Å². The van der Waals surface area contributed by atoms with Gasteiger partial charge in [-0.25, -0.2) is 0 Å². The summed E-state index contributed by atoms with van der Waals surface area (Å²) in [6.07, 6.45) is 0. The topological polar surface area (TPSA) is 29.3 Å². The molecule has 0 aliphatic heterocycles. The largest absolute Gasteiger partial charge is 0.399 e. The molecular weight excluding hydrogens is 232 g/mol. The Bertz CT molecular complexity index is 544. The Hall–Kier alpha value is -1.96. The zero-order valence-electron chi connectivity index (χ0n) is 12.0. The van der Waals surface area contributed by atoms with Crippen molar-refractivity contribution in [3.05, 3.63) is 59.2 Å². The summed E-state index contributed by atoms with van der Waals surface area (Å²) in [5.41, 5.74) is 11.8. The lowest BCUT2D eigenvalue weighted by molar-refractivity contribution is 0.826. The normalized spacial score (nSPS) is 10.5. The first kappa shape index (κ1) is 13.5. The number of hydrogen-bond donors (Lipinski definition) is 1. The van der Waals surface area contributed by atoms with Crippen LogP contribution in [0.1, 0.15) is 23.6 Å². The Morgan fingerprint density at radius 1 is 1.00 bits per heavy atom. The molecule has 0 aliphatic rings. The molecule has 0 spiro atoms. The molecule has 0 bridgehead atoms. The van der Waals surface area contributed by atoms with Crippen LogP contribution in [0.2, 0.25) is 0 Å². The van der Waals surface area contributed by atoms with Crippen LogP contribution in [0, 0.1) is 13.8 Å². The Kier molecular flexibility index (Phi) is 4.10. The van der Waals surface area contributed by atoms with Crippen molar-refractivity contribution in [1.29, 1.82) is 0 Å². The highest BCUT2D eigenvalue weighted by molar-refractivity contribution is 5.53. The van der Waals surface area contributed by atoms with Crippen LogP contribution in [-0.2, 0) is 6.54 Å². The minimum atomic E-state index is 0.812. The lowest BCUT2D eigenvalue weighted by Crippen LogP contribution is -2.22. The second-order valence-electron chi connectivity index (χ2n) is 5.04. The second-order valence-corrected chi connectivity index (χ2v) is 5.04. The molecule has 0 aliphatic carbocycles. The third kappa shape index (κ3) is 3.28. The number of aryl methyl sites for hydroxylation is 2. The highest BCUT2D eigenvalue weighted by atomic mass is 15.1.